The van der Waals surface area contributed by atoms with Gasteiger partial charge in [0.05, 0.1) is 28.9 Å². The first-order valence-corrected chi connectivity index (χ1v) is 22.6. The van der Waals surface area contributed by atoms with Gasteiger partial charge in [0.1, 0.15) is 24.9 Å². The number of fused-ring (bicyclic) bond motifs is 2. The number of hydrogen-bond acceptors (Lipinski definition) is 16. The van der Waals surface area contributed by atoms with Gasteiger partial charge in [-0.25, -0.2) is 19.2 Å². The lowest BCUT2D eigenvalue weighted by molar-refractivity contribution is -0.336. The fourth-order valence-electron chi connectivity index (χ4n) is 6.98. The van der Waals surface area contributed by atoms with Crippen molar-refractivity contribution in [2.45, 2.75) is 75.3 Å². The van der Waals surface area contributed by atoms with Gasteiger partial charge in [0.25, 0.3) is 0 Å². The van der Waals surface area contributed by atoms with Crippen molar-refractivity contribution in [1.82, 2.24) is 0 Å². The van der Waals surface area contributed by atoms with E-state index in [9.17, 15) is 28.8 Å². The van der Waals surface area contributed by atoms with Crippen molar-refractivity contribution in [3.8, 4) is 0 Å². The predicted molar refractivity (Wildman–Crippen MR) is 234 cm³/mol. The van der Waals surface area contributed by atoms with Crippen LogP contribution in [0.5, 0.6) is 0 Å². The molecule has 7 rings (SSSR count). The van der Waals surface area contributed by atoms with Crippen LogP contribution in [0.2, 0.25) is 0 Å². The van der Waals surface area contributed by atoms with E-state index in [-0.39, 0.29) is 28.9 Å². The molecule has 0 aliphatic carbocycles. The molecule has 0 saturated carbocycles. The summed E-state index contributed by atoms with van der Waals surface area (Å²) in [6, 6.07) is 24.7. The van der Waals surface area contributed by atoms with Crippen LogP contribution in [0, 0.1) is 0 Å². The van der Waals surface area contributed by atoms with Gasteiger partial charge in [0.15, 0.2) is 43.1 Å². The van der Waals surface area contributed by atoms with Crippen molar-refractivity contribution in [3.05, 3.63) is 137 Å². The molecule has 3 aliphatic heterocycles. The van der Waals surface area contributed by atoms with Crippen LogP contribution in [-0.4, -0.2) is 110 Å². The normalized spacial score (nSPS) is 25.9. The molecule has 3 heterocycles. The van der Waals surface area contributed by atoms with E-state index in [0.29, 0.717) is 17.9 Å². The van der Waals surface area contributed by atoms with Gasteiger partial charge in [-0.15, -0.1) is 0 Å². The van der Waals surface area contributed by atoms with Crippen LogP contribution < -0.4 is 0 Å². The summed E-state index contributed by atoms with van der Waals surface area (Å²) in [6.45, 7) is 1.50. The van der Waals surface area contributed by atoms with E-state index in [0.717, 1.165) is 13.8 Å². The van der Waals surface area contributed by atoms with Crippen molar-refractivity contribution in [2.24, 2.45) is 0 Å². The van der Waals surface area contributed by atoms with Crippen LogP contribution in [0.25, 0.3) is 0 Å². The van der Waals surface area contributed by atoms with Gasteiger partial charge in [-0.3, -0.25) is 9.59 Å². The number of carbonyl (C=O) groups is 6. The zero-order valence-electron chi connectivity index (χ0n) is 33.5. The van der Waals surface area contributed by atoms with Crippen LogP contribution >= 0.6 is 63.7 Å². The minimum absolute atomic E-state index is 0.0506. The summed E-state index contributed by atoms with van der Waals surface area (Å²) in [6.07, 6.45) is -14.8. The zero-order valence-corrected chi connectivity index (χ0v) is 39.8. The fourth-order valence-corrected chi connectivity index (χ4v) is 8.04. The molecule has 3 fully saturated rings. The lowest BCUT2D eigenvalue weighted by Crippen LogP contribution is -2.66. The van der Waals surface area contributed by atoms with Crippen LogP contribution in [0.4, 0.5) is 0 Å². The molecule has 16 nitrogen and oxygen atoms in total. The van der Waals surface area contributed by atoms with Crippen molar-refractivity contribution in [3.63, 3.8) is 0 Å². The smallest absolute Gasteiger partial charge is 0.338 e. The molecule has 336 valence electrons. The van der Waals surface area contributed by atoms with Gasteiger partial charge in [0, 0.05) is 31.7 Å². The average molecular weight is 1140 g/mol. The molecular weight excluding hydrogens is 1100 g/mol. The highest BCUT2D eigenvalue weighted by atomic mass is 79.9. The van der Waals surface area contributed by atoms with Crippen molar-refractivity contribution in [1.29, 1.82) is 0 Å². The second-order valence-electron chi connectivity index (χ2n) is 14.4. The Labute approximate surface area is 398 Å². The maximum atomic E-state index is 14.2. The number of carbonyl (C=O) groups excluding carboxylic acids is 6. The average Bonchev–Trinajstić information content (AvgIpc) is 3.71. The van der Waals surface area contributed by atoms with E-state index >= 15 is 0 Å². The Morgan fingerprint density at radius 1 is 0.484 bits per heavy atom. The molecular formula is C44H36Br4O16. The molecule has 0 radical (unpaired) electrons. The van der Waals surface area contributed by atoms with Gasteiger partial charge in [0.2, 0.25) is 0 Å². The largest absolute Gasteiger partial charge is 0.459 e. The van der Waals surface area contributed by atoms with E-state index in [1.807, 2.05) is 0 Å². The highest BCUT2D eigenvalue weighted by Gasteiger charge is 2.59. The fraction of sp³-hybridized carbons (Fsp3) is 0.318. The lowest BCUT2D eigenvalue weighted by atomic mass is 9.96. The molecule has 0 spiro atoms. The van der Waals surface area contributed by atoms with E-state index in [2.05, 4.69) is 63.7 Å². The summed E-state index contributed by atoms with van der Waals surface area (Å²) in [5, 5.41) is 0. The molecule has 4 aromatic carbocycles. The van der Waals surface area contributed by atoms with Crippen molar-refractivity contribution >= 4 is 99.5 Å². The van der Waals surface area contributed by atoms with Gasteiger partial charge in [-0.05, 0) is 97.1 Å². The van der Waals surface area contributed by atoms with Crippen LogP contribution in [0.15, 0.2) is 115 Å². The SMILES string of the molecule is CC(=O)O[C@H]1[C@H](OC(C)=O)[C@@H]2OC[C@H](O2)[C@@H]1O[C@@H]1O[C@H](COC(=O)c2ccc(Br)cc2)[C@@H](OC(=O)c2ccc(Br)cc2)[C@H](OC(=O)c2ccc(Br)cc2)[C@H]1OC(=O)c1ccc(Br)cc1. The molecule has 0 unspecified atom stereocenters. The predicted octanol–water partition coefficient (Wildman–Crippen LogP) is 7.30. The van der Waals surface area contributed by atoms with E-state index < -0.39 is 104 Å². The Morgan fingerprint density at radius 3 is 1.33 bits per heavy atom. The Hall–Kier alpha value is -4.54. The number of hydrogen-bond donors (Lipinski definition) is 0. The summed E-state index contributed by atoms with van der Waals surface area (Å²) < 4.78 is 63.0. The molecule has 0 N–H and O–H groups in total. The Morgan fingerprint density at radius 2 is 0.875 bits per heavy atom. The quantitative estimate of drug-likeness (QED) is 0.0955. The zero-order chi connectivity index (χ0) is 45.7. The summed E-state index contributed by atoms with van der Waals surface area (Å²) >= 11 is 13.4. The Balaban J connectivity index is 1.34. The molecule has 10 atom stereocenters. The second kappa shape index (κ2) is 21.2. The molecule has 3 saturated heterocycles. The first kappa shape index (κ1) is 47.4. The molecule has 0 amide bonds. The lowest BCUT2D eigenvalue weighted by Gasteiger charge is -2.47. The monoisotopic (exact) mass is 1140 g/mol. The van der Waals surface area contributed by atoms with Crippen molar-refractivity contribution < 1.29 is 76.1 Å². The highest BCUT2D eigenvalue weighted by molar-refractivity contribution is 9.11. The summed E-state index contributed by atoms with van der Waals surface area (Å²) in [7, 11) is 0. The van der Waals surface area contributed by atoms with Crippen LogP contribution in [0.3, 0.4) is 0 Å². The van der Waals surface area contributed by atoms with Crippen LogP contribution in [0.1, 0.15) is 55.3 Å². The van der Waals surface area contributed by atoms with Gasteiger partial charge >= 0.3 is 35.8 Å². The van der Waals surface area contributed by atoms with E-state index in [1.165, 1.54) is 48.5 Å². The van der Waals surface area contributed by atoms with Crippen LogP contribution in [-0.2, 0) is 57.0 Å². The Kier molecular flexibility index (Phi) is 15.7. The molecule has 3 aliphatic rings. The number of esters is 6. The summed E-state index contributed by atoms with van der Waals surface area (Å²) in [4.78, 5) is 80.7. The standard InChI is InChI=1S/C44H36Br4O16/c1-21(49)57-35-34(32-20-56-43(59-32)37(35)58-22(2)50)64-44-38(63-42(54)26-9-17-30(48)18-10-26)36(62-41(53)25-7-15-29(47)16-8-25)33(61-40(52)24-5-13-28(46)14-6-24)31(60-44)19-55-39(51)23-3-11-27(45)12-4-23/h3-18,31-38,43-44H,19-20H2,1-2H3/t31-,32+,33-,34+,35-,36+,37+,38-,43-,44+/m1/s1. The van der Waals surface area contributed by atoms with Crippen molar-refractivity contribution in [2.75, 3.05) is 13.2 Å². The Bertz CT molecular complexity index is 2350. The summed E-state index contributed by atoms with van der Waals surface area (Å²) in [5.74, 6) is -5.14. The van der Waals surface area contributed by atoms with E-state index in [4.69, 9.17) is 47.4 Å². The minimum atomic E-state index is -1.82. The van der Waals surface area contributed by atoms with E-state index in [1.54, 1.807) is 48.5 Å². The summed E-state index contributed by atoms with van der Waals surface area (Å²) in [5.41, 5.74) is 0.333. The molecule has 2 bridgehead atoms. The maximum absolute atomic E-state index is 14.2. The van der Waals surface area contributed by atoms with Gasteiger partial charge in [-0.2, -0.15) is 0 Å². The maximum Gasteiger partial charge on any atom is 0.338 e. The first-order chi connectivity index (χ1) is 30.6. The third-order valence-corrected chi connectivity index (χ3v) is 12.0. The topological polar surface area (TPSA) is 195 Å². The number of benzene rings is 4. The molecule has 4 aromatic rings. The molecule has 0 aromatic heterocycles. The molecule has 64 heavy (non-hydrogen) atoms. The third kappa shape index (κ3) is 11.6. The number of ether oxygens (including phenoxy) is 10. The van der Waals surface area contributed by atoms with Gasteiger partial charge in [-0.1, -0.05) is 63.7 Å². The minimum Gasteiger partial charge on any atom is -0.459 e. The number of rotatable bonds is 13. The molecule has 20 heteroatoms. The van der Waals surface area contributed by atoms with Gasteiger partial charge < -0.3 is 47.4 Å². The first-order valence-electron chi connectivity index (χ1n) is 19.4. The highest BCUT2D eigenvalue weighted by Crippen LogP contribution is 2.38. The number of halogens is 4. The second-order valence-corrected chi connectivity index (χ2v) is 18.1. The third-order valence-electron chi connectivity index (χ3n) is 9.93.